The van der Waals surface area contributed by atoms with Crippen molar-refractivity contribution in [2.75, 3.05) is 26.6 Å². The number of halogens is 1. The Kier molecular flexibility index (Phi) is 5.57. The predicted molar refractivity (Wildman–Crippen MR) is 126 cm³/mol. The van der Waals surface area contributed by atoms with Crippen molar-refractivity contribution >= 4 is 27.7 Å². The third kappa shape index (κ3) is 3.66. The molecule has 2 aromatic carbocycles. The summed E-state index contributed by atoms with van der Waals surface area (Å²) in [4.78, 5) is 18.0. The summed E-state index contributed by atoms with van der Waals surface area (Å²) in [6, 6.07) is 11.5. The average Bonchev–Trinajstić information content (AvgIpc) is 3.29. The van der Waals surface area contributed by atoms with E-state index in [2.05, 4.69) is 31.3 Å². The van der Waals surface area contributed by atoms with Crippen LogP contribution in [0, 0.1) is 0 Å². The van der Waals surface area contributed by atoms with Gasteiger partial charge in [0.2, 0.25) is 11.7 Å². The number of nitrogens with zero attached hydrogens (tertiary/aromatic N) is 3. The van der Waals surface area contributed by atoms with E-state index in [0.717, 1.165) is 26.9 Å². The number of ketones is 1. The maximum absolute atomic E-state index is 13.6. The minimum atomic E-state index is -0.329. The van der Waals surface area contributed by atoms with Crippen molar-refractivity contribution in [2.45, 2.75) is 24.8 Å². The van der Waals surface area contributed by atoms with Gasteiger partial charge in [-0.2, -0.15) is 10.1 Å². The van der Waals surface area contributed by atoms with Crippen molar-refractivity contribution in [1.82, 2.24) is 14.8 Å². The molecule has 170 valence electrons. The molecule has 1 aliphatic heterocycles. The average molecular weight is 511 g/mol. The topological polar surface area (TPSA) is 87.5 Å². The molecule has 3 aromatic rings. The Bertz CT molecular complexity index is 1240. The monoisotopic (exact) mass is 510 g/mol. The Balaban J connectivity index is 1.58. The number of aromatic nitrogens is 3. The van der Waals surface area contributed by atoms with Crippen molar-refractivity contribution < 1.29 is 19.0 Å². The second-order valence-corrected chi connectivity index (χ2v) is 8.91. The van der Waals surface area contributed by atoms with E-state index >= 15 is 0 Å². The maximum atomic E-state index is 13.6. The molecule has 0 saturated heterocycles. The third-order valence-electron chi connectivity index (χ3n) is 6.18. The first-order valence-corrected chi connectivity index (χ1v) is 11.3. The van der Waals surface area contributed by atoms with Gasteiger partial charge in [-0.3, -0.25) is 4.79 Å². The number of Topliss-reactive ketones (excluding diaryl/α,β-unsaturated/α-hetero) is 1. The molecule has 8 nitrogen and oxygen atoms in total. The largest absolute Gasteiger partial charge is 0.493 e. The number of carbonyl (C=O) groups excluding carboxylic acids is 1. The summed E-state index contributed by atoms with van der Waals surface area (Å²) in [6.07, 6.45) is 2.53. The molecule has 0 radical (unpaired) electrons. The molecule has 0 unspecified atom stereocenters. The van der Waals surface area contributed by atoms with Gasteiger partial charge in [-0.25, -0.2) is 4.68 Å². The van der Waals surface area contributed by atoms with E-state index in [1.807, 2.05) is 36.4 Å². The highest BCUT2D eigenvalue weighted by molar-refractivity contribution is 9.10. The summed E-state index contributed by atoms with van der Waals surface area (Å²) < 4.78 is 19.2. The number of hydrogen-bond acceptors (Lipinski definition) is 7. The molecule has 2 heterocycles. The first kappa shape index (κ1) is 21.5. The maximum Gasteiger partial charge on any atom is 0.226 e. The number of rotatable bonds is 5. The van der Waals surface area contributed by atoms with Gasteiger partial charge < -0.3 is 19.5 Å². The number of hydrogen-bond donors (Lipinski definition) is 1. The highest BCUT2D eigenvalue weighted by atomic mass is 79.9. The van der Waals surface area contributed by atoms with Crippen LogP contribution < -0.4 is 19.5 Å². The minimum absolute atomic E-state index is 0.0462. The third-order valence-corrected chi connectivity index (χ3v) is 6.68. The molecule has 2 aliphatic rings. The Hall–Kier alpha value is -3.33. The molecule has 1 aliphatic carbocycles. The Morgan fingerprint density at radius 3 is 2.45 bits per heavy atom. The number of nitrogens with one attached hydrogen (secondary N) is 1. The van der Waals surface area contributed by atoms with Gasteiger partial charge in [0.05, 0.1) is 21.3 Å². The van der Waals surface area contributed by atoms with Crippen LogP contribution in [0.5, 0.6) is 17.2 Å². The van der Waals surface area contributed by atoms with Gasteiger partial charge in [0, 0.05) is 22.2 Å². The van der Waals surface area contributed by atoms with Crippen molar-refractivity contribution in [1.29, 1.82) is 0 Å². The molecule has 1 aromatic heterocycles. The van der Waals surface area contributed by atoms with Crippen LogP contribution in [0.25, 0.3) is 0 Å². The molecule has 33 heavy (non-hydrogen) atoms. The number of anilines is 1. The van der Waals surface area contributed by atoms with Crippen molar-refractivity contribution in [3.63, 3.8) is 0 Å². The molecule has 0 saturated carbocycles. The SMILES string of the molecule is COc1cc([C@@H]2CC(=O)C3=C(C2)Nc2ncnn2[C@H]3c2cccc(Br)c2)cc(OC)c1OC. The molecule has 0 bridgehead atoms. The normalized spacial score (nSPS) is 19.5. The predicted octanol–water partition coefficient (Wildman–Crippen LogP) is 4.48. The molecule has 2 atom stereocenters. The molecule has 0 fully saturated rings. The molecule has 9 heteroatoms. The van der Waals surface area contributed by atoms with Crippen LogP contribution in [0.4, 0.5) is 5.95 Å². The van der Waals surface area contributed by atoms with Gasteiger partial charge >= 0.3 is 0 Å². The zero-order valence-electron chi connectivity index (χ0n) is 18.5. The fourth-order valence-corrected chi connectivity index (χ4v) is 5.13. The van der Waals surface area contributed by atoms with Gasteiger partial charge in [0.1, 0.15) is 12.4 Å². The first-order valence-electron chi connectivity index (χ1n) is 10.5. The van der Waals surface area contributed by atoms with Crippen molar-refractivity contribution in [2.24, 2.45) is 0 Å². The molecule has 1 N–H and O–H groups in total. The highest BCUT2D eigenvalue weighted by Gasteiger charge is 2.39. The number of carbonyl (C=O) groups is 1. The fourth-order valence-electron chi connectivity index (χ4n) is 4.71. The highest BCUT2D eigenvalue weighted by Crippen LogP contribution is 2.47. The Morgan fingerprint density at radius 1 is 1.03 bits per heavy atom. The smallest absolute Gasteiger partial charge is 0.226 e. The molecular formula is C24H23BrN4O4. The van der Waals surface area contributed by atoms with Crippen molar-refractivity contribution in [3.05, 3.63) is 69.6 Å². The molecule has 0 spiro atoms. The van der Waals surface area contributed by atoms with Crippen LogP contribution in [0.3, 0.4) is 0 Å². The van der Waals surface area contributed by atoms with Gasteiger partial charge in [0.25, 0.3) is 0 Å². The van der Waals surface area contributed by atoms with E-state index in [0.29, 0.717) is 36.0 Å². The lowest BCUT2D eigenvalue weighted by molar-refractivity contribution is -0.116. The zero-order chi connectivity index (χ0) is 23.1. The number of fused-ring (bicyclic) bond motifs is 1. The first-order chi connectivity index (χ1) is 16.0. The van der Waals surface area contributed by atoms with E-state index in [1.54, 1.807) is 26.0 Å². The lowest BCUT2D eigenvalue weighted by Gasteiger charge is -2.35. The lowest BCUT2D eigenvalue weighted by Crippen LogP contribution is -2.33. The lowest BCUT2D eigenvalue weighted by atomic mass is 9.78. The second kappa shape index (κ2) is 8.55. The summed E-state index contributed by atoms with van der Waals surface area (Å²) in [5.74, 6) is 2.33. The van der Waals surface area contributed by atoms with Crippen LogP contribution in [0.1, 0.15) is 35.9 Å². The van der Waals surface area contributed by atoms with Gasteiger partial charge in [-0.05, 0) is 47.7 Å². The molecule has 0 amide bonds. The van der Waals surface area contributed by atoms with Crippen LogP contribution in [0.15, 0.2) is 58.5 Å². The van der Waals surface area contributed by atoms with Crippen LogP contribution in [-0.2, 0) is 4.79 Å². The van der Waals surface area contributed by atoms with E-state index in [4.69, 9.17) is 14.2 Å². The van der Waals surface area contributed by atoms with Gasteiger partial charge in [-0.1, -0.05) is 28.1 Å². The van der Waals surface area contributed by atoms with Crippen LogP contribution in [-0.4, -0.2) is 41.9 Å². The fraction of sp³-hybridized carbons (Fsp3) is 0.292. The number of ether oxygens (including phenoxy) is 3. The van der Waals surface area contributed by atoms with E-state index in [9.17, 15) is 4.79 Å². The van der Waals surface area contributed by atoms with Crippen LogP contribution in [0.2, 0.25) is 0 Å². The second-order valence-electron chi connectivity index (χ2n) is 7.99. The quantitative estimate of drug-likeness (QED) is 0.541. The molecular weight excluding hydrogens is 488 g/mol. The van der Waals surface area contributed by atoms with Gasteiger partial charge in [0.15, 0.2) is 17.3 Å². The summed E-state index contributed by atoms with van der Waals surface area (Å²) >= 11 is 3.55. The number of benzene rings is 2. The standard InChI is InChI=1S/C24H23BrN4O4/c1-31-19-10-15(11-20(32-2)23(19)33-3)14-8-17-21(18(30)9-14)22(13-5-4-6-16(25)7-13)29-24(28-17)26-12-27-29/h4-7,10-12,14,22H,8-9H2,1-3H3,(H,26,27,28)/t14-,22-/m0/s1. The van der Waals surface area contributed by atoms with E-state index in [1.165, 1.54) is 6.33 Å². The van der Waals surface area contributed by atoms with E-state index < -0.39 is 0 Å². The Morgan fingerprint density at radius 2 is 1.79 bits per heavy atom. The van der Waals surface area contributed by atoms with Gasteiger partial charge in [-0.15, -0.1) is 0 Å². The Labute approximate surface area is 199 Å². The summed E-state index contributed by atoms with van der Waals surface area (Å²) in [7, 11) is 4.75. The number of methoxy groups -OCH3 is 3. The number of allylic oxidation sites excluding steroid dienone is 2. The zero-order valence-corrected chi connectivity index (χ0v) is 20.0. The summed E-state index contributed by atoms with van der Waals surface area (Å²) in [5.41, 5.74) is 3.53. The molecule has 5 rings (SSSR count). The summed E-state index contributed by atoms with van der Waals surface area (Å²) in [5, 5.41) is 7.76. The van der Waals surface area contributed by atoms with Crippen molar-refractivity contribution in [3.8, 4) is 17.2 Å². The summed E-state index contributed by atoms with van der Waals surface area (Å²) in [6.45, 7) is 0. The van der Waals surface area contributed by atoms with Crippen LogP contribution >= 0.6 is 15.9 Å². The van der Waals surface area contributed by atoms with E-state index in [-0.39, 0.29) is 17.7 Å². The minimum Gasteiger partial charge on any atom is -0.493 e.